The second-order valence-corrected chi connectivity index (χ2v) is 8.66. The van der Waals surface area contributed by atoms with Gasteiger partial charge in [-0.2, -0.15) is 0 Å². The molecule has 0 aromatic heterocycles. The first kappa shape index (κ1) is 21.5. The molecule has 162 valence electrons. The summed E-state index contributed by atoms with van der Waals surface area (Å²) < 4.78 is 12.9. The number of likely N-dealkylation sites (tertiary alicyclic amines) is 1. The van der Waals surface area contributed by atoms with E-state index in [4.69, 9.17) is 11.6 Å². The maximum absolute atomic E-state index is 12.9. The Morgan fingerprint density at radius 1 is 0.903 bits per heavy atom. The van der Waals surface area contributed by atoms with Gasteiger partial charge >= 0.3 is 6.16 Å². The molecule has 0 aliphatic carbocycles. The molecule has 2 heterocycles. The molecule has 2 aliphatic heterocycles. The molecule has 0 spiro atoms. The fraction of sp³-hybridized carbons (Fsp3) is 0.375. The molecule has 1 saturated heterocycles. The van der Waals surface area contributed by atoms with E-state index in [9.17, 15) is 18.8 Å². The first-order chi connectivity index (χ1) is 14.9. The van der Waals surface area contributed by atoms with Crippen molar-refractivity contribution in [3.05, 3.63) is 69.7 Å². The summed E-state index contributed by atoms with van der Waals surface area (Å²) in [6.07, 6.45) is 0.651. The lowest BCUT2D eigenvalue weighted by molar-refractivity contribution is -0.132. The van der Waals surface area contributed by atoms with Crippen LogP contribution in [0.3, 0.4) is 0 Å². The molecule has 2 aliphatic rings. The molecule has 2 aromatic rings. The molecule has 0 N–H and O–H groups in total. The first-order valence-electron chi connectivity index (χ1n) is 10.5. The molecule has 7 heteroatoms. The van der Waals surface area contributed by atoms with Gasteiger partial charge in [-0.15, -0.1) is 4.39 Å². The summed E-state index contributed by atoms with van der Waals surface area (Å²) in [7, 11) is 0. The van der Waals surface area contributed by atoms with Crippen molar-refractivity contribution in [1.29, 1.82) is 0 Å². The molecule has 5 nitrogen and oxygen atoms in total. The highest BCUT2D eigenvalue weighted by Gasteiger charge is 2.26. The average molecular weight is 443 g/mol. The summed E-state index contributed by atoms with van der Waals surface area (Å²) in [6, 6.07) is 13.0. The summed E-state index contributed by atoms with van der Waals surface area (Å²) in [4.78, 5) is 39.0. The van der Waals surface area contributed by atoms with Crippen LogP contribution in [-0.4, -0.2) is 40.7 Å². The molecular formula is C24H24ClFN2O3. The largest absolute Gasteiger partial charge is 0.400 e. The van der Waals surface area contributed by atoms with E-state index in [2.05, 4.69) is 0 Å². The van der Waals surface area contributed by atoms with Gasteiger partial charge in [0.15, 0.2) is 5.78 Å². The van der Waals surface area contributed by atoms with Crippen LogP contribution in [0.15, 0.2) is 42.5 Å². The number of rotatable bonds is 5. The van der Waals surface area contributed by atoms with Crippen molar-refractivity contribution in [2.75, 3.05) is 13.1 Å². The van der Waals surface area contributed by atoms with Gasteiger partial charge in [-0.25, -0.2) is 4.79 Å². The topological polar surface area (TPSA) is 57.7 Å². The fourth-order valence-corrected chi connectivity index (χ4v) is 4.54. The number of ketones is 1. The van der Waals surface area contributed by atoms with E-state index in [0.717, 1.165) is 33.9 Å². The highest BCUT2D eigenvalue weighted by molar-refractivity contribution is 6.30. The second kappa shape index (κ2) is 9.18. The zero-order valence-corrected chi connectivity index (χ0v) is 17.9. The third-order valence-corrected chi connectivity index (χ3v) is 6.51. The van der Waals surface area contributed by atoms with Crippen LogP contribution in [0.5, 0.6) is 0 Å². The zero-order chi connectivity index (χ0) is 22.0. The SMILES string of the molecule is O=C(CCC(=O)N1CCC(c2ccc(Cl)cc2)CC1)c1ccc2c(c1)CN(C(=O)F)C2. The van der Waals surface area contributed by atoms with Gasteiger partial charge in [0.2, 0.25) is 5.91 Å². The summed E-state index contributed by atoms with van der Waals surface area (Å²) in [5.41, 5.74) is 3.38. The number of Topliss-reactive ketones (excluding diaryl/α,β-unsaturated/α-hetero) is 1. The highest BCUT2D eigenvalue weighted by Crippen LogP contribution is 2.29. The molecule has 0 bridgehead atoms. The second-order valence-electron chi connectivity index (χ2n) is 8.22. The fourth-order valence-electron chi connectivity index (χ4n) is 4.41. The normalized spacial score (nSPS) is 16.3. The maximum atomic E-state index is 12.9. The maximum Gasteiger partial charge on any atom is 0.400 e. The van der Waals surface area contributed by atoms with Gasteiger partial charge in [-0.3, -0.25) is 9.59 Å². The van der Waals surface area contributed by atoms with Gasteiger partial charge in [0.05, 0.1) is 0 Å². The Morgan fingerprint density at radius 3 is 2.26 bits per heavy atom. The quantitative estimate of drug-likeness (QED) is 0.367. The minimum Gasteiger partial charge on any atom is -0.343 e. The van der Waals surface area contributed by atoms with Crippen LogP contribution in [0.4, 0.5) is 9.18 Å². The molecule has 0 saturated carbocycles. The van der Waals surface area contributed by atoms with E-state index in [1.165, 1.54) is 5.56 Å². The predicted molar refractivity (Wildman–Crippen MR) is 116 cm³/mol. The van der Waals surface area contributed by atoms with Crippen molar-refractivity contribution in [2.45, 2.75) is 44.7 Å². The first-order valence-corrected chi connectivity index (χ1v) is 10.9. The van der Waals surface area contributed by atoms with E-state index < -0.39 is 6.16 Å². The number of piperidine rings is 1. The number of amides is 2. The van der Waals surface area contributed by atoms with E-state index in [0.29, 0.717) is 24.6 Å². The Morgan fingerprint density at radius 2 is 1.58 bits per heavy atom. The molecular weight excluding hydrogens is 419 g/mol. The summed E-state index contributed by atoms with van der Waals surface area (Å²) >= 11 is 5.96. The van der Waals surface area contributed by atoms with E-state index in [1.54, 1.807) is 18.2 Å². The molecule has 0 atom stereocenters. The molecule has 2 aromatic carbocycles. The van der Waals surface area contributed by atoms with Crippen molar-refractivity contribution in [1.82, 2.24) is 9.80 Å². The molecule has 0 radical (unpaired) electrons. The zero-order valence-electron chi connectivity index (χ0n) is 17.2. The molecule has 2 amide bonds. The lowest BCUT2D eigenvalue weighted by Crippen LogP contribution is -2.38. The molecule has 4 rings (SSSR count). The molecule has 0 unspecified atom stereocenters. The smallest absolute Gasteiger partial charge is 0.343 e. The summed E-state index contributed by atoms with van der Waals surface area (Å²) in [6.45, 7) is 1.77. The van der Waals surface area contributed by atoms with Crippen LogP contribution in [0.25, 0.3) is 0 Å². The number of carbonyl (C=O) groups excluding carboxylic acids is 3. The van der Waals surface area contributed by atoms with Crippen LogP contribution in [0, 0.1) is 0 Å². The van der Waals surface area contributed by atoms with Crippen LogP contribution in [0.1, 0.15) is 58.6 Å². The summed E-state index contributed by atoms with van der Waals surface area (Å²) in [5.74, 6) is 0.306. The summed E-state index contributed by atoms with van der Waals surface area (Å²) in [5, 5.41) is 0.720. The van der Waals surface area contributed by atoms with Crippen molar-refractivity contribution in [3.8, 4) is 0 Å². The number of benzene rings is 2. The van der Waals surface area contributed by atoms with Gasteiger partial charge in [-0.1, -0.05) is 35.9 Å². The van der Waals surface area contributed by atoms with Crippen LogP contribution in [-0.2, 0) is 17.9 Å². The van der Waals surface area contributed by atoms with E-state index in [1.807, 2.05) is 29.2 Å². The Bertz CT molecular complexity index is 1000. The van der Waals surface area contributed by atoms with Gasteiger partial charge in [-0.05, 0) is 53.6 Å². The number of hydrogen-bond donors (Lipinski definition) is 0. The molecule has 1 fully saturated rings. The Hall–Kier alpha value is -2.73. The predicted octanol–water partition coefficient (Wildman–Crippen LogP) is 5.11. The number of fused-ring (bicyclic) bond motifs is 1. The number of hydrogen-bond acceptors (Lipinski definition) is 3. The van der Waals surface area contributed by atoms with Gasteiger partial charge in [0.25, 0.3) is 0 Å². The highest BCUT2D eigenvalue weighted by atomic mass is 35.5. The Labute approximate surface area is 185 Å². The monoisotopic (exact) mass is 442 g/mol. The average Bonchev–Trinajstić information content (AvgIpc) is 3.22. The van der Waals surface area contributed by atoms with Crippen molar-refractivity contribution in [2.24, 2.45) is 0 Å². The van der Waals surface area contributed by atoms with Gasteiger partial charge < -0.3 is 9.80 Å². The van der Waals surface area contributed by atoms with Crippen LogP contribution >= 0.6 is 11.6 Å². The van der Waals surface area contributed by atoms with E-state index in [-0.39, 0.29) is 37.6 Å². The van der Waals surface area contributed by atoms with E-state index >= 15 is 0 Å². The van der Waals surface area contributed by atoms with Crippen molar-refractivity contribution < 1.29 is 18.8 Å². The Kier molecular flexibility index (Phi) is 6.37. The van der Waals surface area contributed by atoms with Gasteiger partial charge in [0, 0.05) is 49.6 Å². The number of nitrogens with zero attached hydrogens (tertiary/aromatic N) is 2. The molecule has 31 heavy (non-hydrogen) atoms. The van der Waals surface area contributed by atoms with Crippen LogP contribution in [0.2, 0.25) is 5.02 Å². The van der Waals surface area contributed by atoms with Crippen molar-refractivity contribution >= 4 is 29.5 Å². The third-order valence-electron chi connectivity index (χ3n) is 6.25. The van der Waals surface area contributed by atoms with Crippen molar-refractivity contribution in [3.63, 3.8) is 0 Å². The lowest BCUT2D eigenvalue weighted by atomic mass is 9.89. The lowest BCUT2D eigenvalue weighted by Gasteiger charge is -2.32. The Balaban J connectivity index is 1.27. The standard InChI is InChI=1S/C24H24ClFN2O3/c25-21-5-3-16(4-6-21)17-9-11-27(12-10-17)23(30)8-7-22(29)18-1-2-19-14-28(24(26)31)15-20(19)13-18/h1-6,13,17H,7-12,14-15H2. The minimum atomic E-state index is -1.46. The number of carbonyl (C=O) groups is 3. The van der Waals surface area contributed by atoms with Crippen LogP contribution < -0.4 is 0 Å². The van der Waals surface area contributed by atoms with Gasteiger partial charge in [0.1, 0.15) is 0 Å². The number of halogens is 2. The minimum absolute atomic E-state index is 0.00160. The third kappa shape index (κ3) is 4.96.